The van der Waals surface area contributed by atoms with Crippen molar-refractivity contribution in [2.24, 2.45) is 4.99 Å². The van der Waals surface area contributed by atoms with Gasteiger partial charge in [-0.05, 0) is 12.8 Å². The van der Waals surface area contributed by atoms with Crippen LogP contribution in [0.5, 0.6) is 0 Å². The van der Waals surface area contributed by atoms with Crippen molar-refractivity contribution in [3.05, 3.63) is 35.5 Å². The molecule has 0 radical (unpaired) electrons. The summed E-state index contributed by atoms with van der Waals surface area (Å²) in [4.78, 5) is 4.42. The standard InChI is InChI=1S/C14H21N5O2.HI/c1-4-15-14(16-8-11-5-6-20-18-11)17-9-12-7-13(10(2)3)19-21-12;/h5-7,10H,4,8-9H2,1-3H3,(H2,15,16,17);1H. The highest BCUT2D eigenvalue weighted by molar-refractivity contribution is 14.0. The summed E-state index contributed by atoms with van der Waals surface area (Å²) in [5.41, 5.74) is 1.74. The van der Waals surface area contributed by atoms with E-state index in [4.69, 9.17) is 9.05 Å². The Bertz CT molecular complexity index is 566. The Hall–Kier alpha value is -1.58. The molecular weight excluding hydrogens is 397 g/mol. The minimum absolute atomic E-state index is 0. The summed E-state index contributed by atoms with van der Waals surface area (Å²) < 4.78 is 10.1. The van der Waals surface area contributed by atoms with Crippen molar-refractivity contribution in [3.8, 4) is 0 Å². The van der Waals surface area contributed by atoms with Gasteiger partial charge in [-0.25, -0.2) is 4.99 Å². The summed E-state index contributed by atoms with van der Waals surface area (Å²) in [5, 5.41) is 14.2. The normalized spacial score (nSPS) is 11.4. The average molecular weight is 419 g/mol. The topological polar surface area (TPSA) is 88.5 Å². The molecule has 7 nitrogen and oxygen atoms in total. The molecule has 0 aliphatic carbocycles. The van der Waals surface area contributed by atoms with E-state index in [0.29, 0.717) is 25.0 Å². The summed E-state index contributed by atoms with van der Waals surface area (Å²) >= 11 is 0. The smallest absolute Gasteiger partial charge is 0.192 e. The van der Waals surface area contributed by atoms with Gasteiger partial charge in [0.05, 0.1) is 18.8 Å². The maximum absolute atomic E-state index is 5.28. The van der Waals surface area contributed by atoms with Gasteiger partial charge in [-0.2, -0.15) is 0 Å². The van der Waals surface area contributed by atoms with E-state index in [2.05, 4.69) is 39.8 Å². The Balaban J connectivity index is 0.00000242. The van der Waals surface area contributed by atoms with Crippen LogP contribution in [0.15, 0.2) is 32.4 Å². The molecule has 2 N–H and O–H groups in total. The summed E-state index contributed by atoms with van der Waals surface area (Å²) in [7, 11) is 0. The first-order valence-electron chi connectivity index (χ1n) is 7.06. The summed E-state index contributed by atoms with van der Waals surface area (Å²) in [6, 6.07) is 3.75. The molecule has 8 heteroatoms. The quantitative estimate of drug-likeness (QED) is 0.425. The Morgan fingerprint density at radius 2 is 2.14 bits per heavy atom. The Morgan fingerprint density at radius 1 is 1.32 bits per heavy atom. The molecule has 2 aromatic heterocycles. The first-order valence-corrected chi connectivity index (χ1v) is 7.06. The Kier molecular flexibility index (Phi) is 7.92. The fraction of sp³-hybridized carbons (Fsp3) is 0.500. The van der Waals surface area contributed by atoms with E-state index in [1.165, 1.54) is 6.26 Å². The number of hydrogen-bond acceptors (Lipinski definition) is 5. The maximum atomic E-state index is 5.28. The third-order valence-corrected chi connectivity index (χ3v) is 2.83. The average Bonchev–Trinajstić information content (AvgIpc) is 3.13. The summed E-state index contributed by atoms with van der Waals surface area (Å²) in [5.74, 6) is 1.84. The van der Waals surface area contributed by atoms with Crippen LogP contribution in [0.3, 0.4) is 0 Å². The number of nitrogens with zero attached hydrogens (tertiary/aromatic N) is 3. The predicted octanol–water partition coefficient (Wildman–Crippen LogP) is 2.66. The van der Waals surface area contributed by atoms with E-state index < -0.39 is 0 Å². The van der Waals surface area contributed by atoms with Gasteiger partial charge in [-0.1, -0.05) is 24.2 Å². The van der Waals surface area contributed by atoms with Crippen molar-refractivity contribution in [3.63, 3.8) is 0 Å². The van der Waals surface area contributed by atoms with Gasteiger partial charge in [-0.3, -0.25) is 0 Å². The van der Waals surface area contributed by atoms with Crippen LogP contribution in [0, 0.1) is 0 Å². The van der Waals surface area contributed by atoms with Crippen LogP contribution >= 0.6 is 24.0 Å². The minimum atomic E-state index is 0. The van der Waals surface area contributed by atoms with Crippen molar-refractivity contribution >= 4 is 29.9 Å². The van der Waals surface area contributed by atoms with Crippen LogP contribution < -0.4 is 10.6 Å². The SMILES string of the molecule is CCNC(=NCc1ccon1)NCc1cc(C(C)C)no1.I. The summed E-state index contributed by atoms with van der Waals surface area (Å²) in [6.45, 7) is 7.94. The highest BCUT2D eigenvalue weighted by Crippen LogP contribution is 2.13. The lowest BCUT2D eigenvalue weighted by atomic mass is 10.1. The number of guanidine groups is 1. The second-order valence-electron chi connectivity index (χ2n) is 4.91. The van der Waals surface area contributed by atoms with E-state index in [1.807, 2.05) is 13.0 Å². The van der Waals surface area contributed by atoms with Crippen LogP contribution in [0.25, 0.3) is 0 Å². The van der Waals surface area contributed by atoms with Crippen molar-refractivity contribution in [1.29, 1.82) is 0 Å². The lowest BCUT2D eigenvalue weighted by Crippen LogP contribution is -2.36. The molecule has 2 aromatic rings. The molecule has 2 heterocycles. The number of aromatic nitrogens is 2. The maximum Gasteiger partial charge on any atom is 0.192 e. The van der Waals surface area contributed by atoms with Crippen LogP contribution in [0.1, 0.15) is 43.8 Å². The van der Waals surface area contributed by atoms with Crippen LogP contribution in [0.4, 0.5) is 0 Å². The number of nitrogens with one attached hydrogen (secondary N) is 2. The first-order chi connectivity index (χ1) is 10.2. The van der Waals surface area contributed by atoms with Crippen molar-refractivity contribution in [2.45, 2.75) is 39.8 Å². The molecule has 0 unspecified atom stereocenters. The van der Waals surface area contributed by atoms with E-state index in [9.17, 15) is 0 Å². The monoisotopic (exact) mass is 419 g/mol. The highest BCUT2D eigenvalue weighted by Gasteiger charge is 2.08. The third-order valence-electron chi connectivity index (χ3n) is 2.83. The molecule has 0 bridgehead atoms. The Labute approximate surface area is 146 Å². The molecule has 122 valence electrons. The van der Waals surface area contributed by atoms with E-state index >= 15 is 0 Å². The molecule has 0 aromatic carbocycles. The number of aliphatic imine (C=N–C) groups is 1. The van der Waals surface area contributed by atoms with Crippen molar-refractivity contribution in [1.82, 2.24) is 20.9 Å². The number of hydrogen-bond donors (Lipinski definition) is 2. The van der Waals surface area contributed by atoms with Crippen LogP contribution in [0.2, 0.25) is 0 Å². The lowest BCUT2D eigenvalue weighted by molar-refractivity contribution is 0.372. The Morgan fingerprint density at radius 3 is 2.73 bits per heavy atom. The highest BCUT2D eigenvalue weighted by atomic mass is 127. The molecule has 0 saturated carbocycles. The van der Waals surface area contributed by atoms with Crippen molar-refractivity contribution in [2.75, 3.05) is 6.54 Å². The van der Waals surface area contributed by atoms with Gasteiger partial charge in [0.1, 0.15) is 12.0 Å². The van der Waals surface area contributed by atoms with Gasteiger partial charge < -0.3 is 19.7 Å². The van der Waals surface area contributed by atoms with Gasteiger partial charge in [0.2, 0.25) is 0 Å². The fourth-order valence-electron chi connectivity index (χ4n) is 1.68. The molecule has 0 fully saturated rings. The van der Waals surface area contributed by atoms with Crippen LogP contribution in [-0.4, -0.2) is 22.8 Å². The lowest BCUT2D eigenvalue weighted by Gasteiger charge is -2.09. The first kappa shape index (κ1) is 18.5. The van der Waals surface area contributed by atoms with E-state index in [0.717, 1.165) is 23.7 Å². The molecule has 22 heavy (non-hydrogen) atoms. The second kappa shape index (κ2) is 9.44. The van der Waals surface area contributed by atoms with Gasteiger partial charge >= 0.3 is 0 Å². The number of rotatable bonds is 6. The largest absolute Gasteiger partial charge is 0.364 e. The molecule has 0 aliphatic heterocycles. The third kappa shape index (κ3) is 5.66. The van der Waals surface area contributed by atoms with Gasteiger partial charge in [0, 0.05) is 18.7 Å². The zero-order chi connectivity index (χ0) is 15.1. The number of halogens is 1. The zero-order valence-electron chi connectivity index (χ0n) is 13.0. The van der Waals surface area contributed by atoms with Gasteiger partial charge in [0.15, 0.2) is 11.7 Å². The zero-order valence-corrected chi connectivity index (χ0v) is 15.3. The molecule has 2 rings (SSSR count). The summed E-state index contributed by atoms with van der Waals surface area (Å²) in [6.07, 6.45) is 1.53. The molecule has 0 spiro atoms. The van der Waals surface area contributed by atoms with Crippen molar-refractivity contribution < 1.29 is 9.05 Å². The second-order valence-corrected chi connectivity index (χ2v) is 4.91. The molecule has 0 amide bonds. The van der Waals surface area contributed by atoms with Gasteiger partial charge in [-0.15, -0.1) is 24.0 Å². The van der Waals surface area contributed by atoms with E-state index in [-0.39, 0.29) is 24.0 Å². The fourth-order valence-corrected chi connectivity index (χ4v) is 1.68. The van der Waals surface area contributed by atoms with Crippen LogP contribution in [-0.2, 0) is 13.1 Å². The molecule has 0 saturated heterocycles. The predicted molar refractivity (Wildman–Crippen MR) is 94.2 cm³/mol. The molecular formula is C14H22IN5O2. The van der Waals surface area contributed by atoms with E-state index in [1.54, 1.807) is 6.07 Å². The van der Waals surface area contributed by atoms with Gasteiger partial charge in [0.25, 0.3) is 0 Å². The minimum Gasteiger partial charge on any atom is -0.364 e. The molecule has 0 atom stereocenters. The molecule has 0 aliphatic rings.